The molecule has 0 fully saturated rings. The Hall–Kier alpha value is -4.12. The molecular weight excluding hydrogens is 410 g/mol. The topological polar surface area (TPSA) is 47.4 Å². The van der Waals surface area contributed by atoms with E-state index in [4.69, 9.17) is 9.72 Å². The highest BCUT2D eigenvalue weighted by Crippen LogP contribution is 2.26. The van der Waals surface area contributed by atoms with E-state index in [0.717, 1.165) is 38.9 Å². The van der Waals surface area contributed by atoms with Crippen molar-refractivity contribution in [3.8, 4) is 5.75 Å². The number of carbonyl (C=O) groups is 1. The van der Waals surface area contributed by atoms with Crippen LogP contribution in [-0.4, -0.2) is 27.4 Å². The average molecular weight is 436 g/mol. The fourth-order valence-electron chi connectivity index (χ4n) is 4.08. The highest BCUT2D eigenvalue weighted by atomic mass is 16.5. The van der Waals surface area contributed by atoms with E-state index >= 15 is 0 Å². The quantitative estimate of drug-likeness (QED) is 0.343. The molecule has 0 aliphatic carbocycles. The molecule has 0 saturated carbocycles. The molecule has 0 atom stereocenters. The van der Waals surface area contributed by atoms with Crippen molar-refractivity contribution in [2.45, 2.75) is 19.7 Å². The van der Waals surface area contributed by atoms with Crippen LogP contribution in [0.15, 0.2) is 97.1 Å². The Morgan fingerprint density at radius 2 is 1.61 bits per heavy atom. The van der Waals surface area contributed by atoms with Gasteiger partial charge in [-0.15, -0.1) is 0 Å². The molecule has 4 aromatic carbocycles. The van der Waals surface area contributed by atoms with Crippen LogP contribution in [0.5, 0.6) is 5.75 Å². The Morgan fingerprint density at radius 1 is 0.879 bits per heavy atom. The summed E-state index contributed by atoms with van der Waals surface area (Å²) in [7, 11) is 1.83. The fraction of sp³-hybridized carbons (Fsp3) is 0.143. The summed E-state index contributed by atoms with van der Waals surface area (Å²) < 4.78 is 8.17. The lowest BCUT2D eigenvalue weighted by atomic mass is 10.1. The zero-order valence-electron chi connectivity index (χ0n) is 18.5. The van der Waals surface area contributed by atoms with Crippen molar-refractivity contribution in [2.24, 2.45) is 0 Å². The highest BCUT2D eigenvalue weighted by Gasteiger charge is 2.17. The van der Waals surface area contributed by atoms with E-state index in [1.54, 1.807) is 4.90 Å². The number of ether oxygens (including phenoxy) is 1. The smallest absolute Gasteiger partial charge is 0.242 e. The van der Waals surface area contributed by atoms with Gasteiger partial charge in [-0.1, -0.05) is 78.9 Å². The lowest BCUT2D eigenvalue weighted by Gasteiger charge is -2.19. The molecule has 33 heavy (non-hydrogen) atoms. The number of imidazole rings is 1. The molecule has 164 valence electrons. The predicted octanol–water partition coefficient (Wildman–Crippen LogP) is 5.43. The lowest BCUT2D eigenvalue weighted by molar-refractivity contribution is -0.131. The van der Waals surface area contributed by atoms with Gasteiger partial charge in [-0.2, -0.15) is 0 Å². The van der Waals surface area contributed by atoms with Gasteiger partial charge in [-0.25, -0.2) is 4.98 Å². The van der Waals surface area contributed by atoms with Crippen LogP contribution in [0.3, 0.4) is 0 Å². The third kappa shape index (κ3) is 4.44. The number of benzene rings is 4. The van der Waals surface area contributed by atoms with Gasteiger partial charge in [0.2, 0.25) is 5.91 Å². The van der Waals surface area contributed by atoms with Crippen molar-refractivity contribution in [1.29, 1.82) is 0 Å². The first kappa shape index (κ1) is 20.8. The summed E-state index contributed by atoms with van der Waals surface area (Å²) in [4.78, 5) is 19.6. The number of carbonyl (C=O) groups excluding carboxylic acids is 1. The van der Waals surface area contributed by atoms with Crippen LogP contribution in [0.25, 0.3) is 21.8 Å². The molecule has 0 radical (unpaired) electrons. The van der Waals surface area contributed by atoms with Crippen LogP contribution in [-0.2, 0) is 24.5 Å². The van der Waals surface area contributed by atoms with Gasteiger partial charge in [-0.3, -0.25) is 4.79 Å². The molecule has 0 saturated heterocycles. The summed E-state index contributed by atoms with van der Waals surface area (Å²) in [5, 5.41) is 2.18. The van der Waals surface area contributed by atoms with Crippen LogP contribution in [0, 0.1) is 0 Å². The lowest BCUT2D eigenvalue weighted by Crippen LogP contribution is -2.30. The first-order chi connectivity index (χ1) is 16.2. The van der Waals surface area contributed by atoms with E-state index in [1.807, 2.05) is 90.5 Å². The SMILES string of the molecule is CN(Cc1ccccc1)C(=O)Cn1c(COc2cccc3ccccc23)nc2ccccc21. The minimum atomic E-state index is 0.0217. The van der Waals surface area contributed by atoms with Gasteiger partial charge in [0, 0.05) is 19.0 Å². The number of likely N-dealkylation sites (N-methyl/N-ethyl adjacent to an activating group) is 1. The standard InChI is InChI=1S/C28H25N3O2/c1-30(18-21-10-3-2-4-11-21)28(32)19-31-25-16-8-7-15-24(25)29-27(31)20-33-26-17-9-13-22-12-5-6-14-23(22)26/h2-17H,18-20H2,1H3. The first-order valence-electron chi connectivity index (χ1n) is 11.0. The van der Waals surface area contributed by atoms with E-state index in [9.17, 15) is 4.79 Å². The van der Waals surface area contributed by atoms with Gasteiger partial charge in [0.25, 0.3) is 0 Å². The van der Waals surface area contributed by atoms with Gasteiger partial charge in [-0.05, 0) is 29.1 Å². The van der Waals surface area contributed by atoms with Crippen molar-refractivity contribution in [3.63, 3.8) is 0 Å². The third-order valence-corrected chi connectivity index (χ3v) is 5.82. The monoisotopic (exact) mass is 435 g/mol. The number of para-hydroxylation sites is 2. The predicted molar refractivity (Wildman–Crippen MR) is 131 cm³/mol. The Bertz CT molecular complexity index is 1400. The van der Waals surface area contributed by atoms with Crippen molar-refractivity contribution >= 4 is 27.7 Å². The maximum absolute atomic E-state index is 13.1. The second kappa shape index (κ2) is 9.17. The number of hydrogen-bond donors (Lipinski definition) is 0. The van der Waals surface area contributed by atoms with Gasteiger partial charge in [0.15, 0.2) is 0 Å². The second-order valence-electron chi connectivity index (χ2n) is 8.10. The van der Waals surface area contributed by atoms with Crippen molar-refractivity contribution < 1.29 is 9.53 Å². The van der Waals surface area contributed by atoms with E-state index < -0.39 is 0 Å². The molecule has 5 nitrogen and oxygen atoms in total. The molecular formula is C28H25N3O2. The van der Waals surface area contributed by atoms with E-state index in [0.29, 0.717) is 6.54 Å². The molecule has 0 bridgehead atoms. The zero-order valence-corrected chi connectivity index (χ0v) is 18.5. The van der Waals surface area contributed by atoms with Gasteiger partial charge in [0.05, 0.1) is 11.0 Å². The Labute approximate surface area is 192 Å². The Kier molecular flexibility index (Phi) is 5.77. The summed E-state index contributed by atoms with van der Waals surface area (Å²) in [6, 6.07) is 32.1. The number of aromatic nitrogens is 2. The third-order valence-electron chi connectivity index (χ3n) is 5.82. The number of fused-ring (bicyclic) bond motifs is 2. The maximum Gasteiger partial charge on any atom is 0.242 e. The van der Waals surface area contributed by atoms with Crippen LogP contribution in [0.4, 0.5) is 0 Å². The van der Waals surface area contributed by atoms with Crippen LogP contribution < -0.4 is 4.74 Å². The molecule has 0 N–H and O–H groups in total. The van der Waals surface area contributed by atoms with Crippen LogP contribution >= 0.6 is 0 Å². The van der Waals surface area contributed by atoms with Gasteiger partial charge < -0.3 is 14.2 Å². The number of hydrogen-bond acceptors (Lipinski definition) is 3. The van der Waals surface area contributed by atoms with Crippen molar-refractivity contribution in [3.05, 3.63) is 108 Å². The summed E-state index contributed by atoms with van der Waals surface area (Å²) in [5.41, 5.74) is 2.88. The Balaban J connectivity index is 1.40. The summed E-state index contributed by atoms with van der Waals surface area (Å²) in [6.45, 7) is 1.05. The highest BCUT2D eigenvalue weighted by molar-refractivity contribution is 5.88. The normalized spacial score (nSPS) is 11.1. The first-order valence-corrected chi connectivity index (χ1v) is 11.0. The van der Waals surface area contributed by atoms with Crippen LogP contribution in [0.1, 0.15) is 11.4 Å². The van der Waals surface area contributed by atoms with Gasteiger partial charge >= 0.3 is 0 Å². The summed E-state index contributed by atoms with van der Waals surface area (Å²) in [5.74, 6) is 1.55. The molecule has 0 unspecified atom stereocenters. The van der Waals surface area contributed by atoms with Crippen molar-refractivity contribution in [1.82, 2.24) is 14.5 Å². The summed E-state index contributed by atoms with van der Waals surface area (Å²) in [6.07, 6.45) is 0. The minimum absolute atomic E-state index is 0.0217. The molecule has 1 heterocycles. The molecule has 5 heteroatoms. The minimum Gasteiger partial charge on any atom is -0.485 e. The molecule has 0 aliphatic rings. The number of rotatable bonds is 7. The average Bonchev–Trinajstić information content (AvgIpc) is 3.20. The fourth-order valence-corrected chi connectivity index (χ4v) is 4.08. The number of nitrogens with zero attached hydrogens (tertiary/aromatic N) is 3. The largest absolute Gasteiger partial charge is 0.485 e. The molecule has 1 aromatic heterocycles. The van der Waals surface area contributed by atoms with Crippen LogP contribution in [0.2, 0.25) is 0 Å². The molecule has 0 spiro atoms. The number of amides is 1. The van der Waals surface area contributed by atoms with E-state index in [1.165, 1.54) is 0 Å². The molecule has 5 aromatic rings. The van der Waals surface area contributed by atoms with E-state index in [-0.39, 0.29) is 19.1 Å². The zero-order chi connectivity index (χ0) is 22.6. The molecule has 0 aliphatic heterocycles. The van der Waals surface area contributed by atoms with Crippen molar-refractivity contribution in [2.75, 3.05) is 7.05 Å². The second-order valence-corrected chi connectivity index (χ2v) is 8.10. The van der Waals surface area contributed by atoms with E-state index in [2.05, 4.69) is 18.2 Å². The molecule has 1 amide bonds. The maximum atomic E-state index is 13.1. The Morgan fingerprint density at radius 3 is 2.48 bits per heavy atom. The molecule has 5 rings (SSSR count). The summed E-state index contributed by atoms with van der Waals surface area (Å²) >= 11 is 0. The van der Waals surface area contributed by atoms with Gasteiger partial charge in [0.1, 0.15) is 24.7 Å².